The van der Waals surface area contributed by atoms with Crippen LogP contribution < -0.4 is 0 Å². The summed E-state index contributed by atoms with van der Waals surface area (Å²) in [6.07, 6.45) is 1.68. The summed E-state index contributed by atoms with van der Waals surface area (Å²) in [6.45, 7) is 0. The van der Waals surface area contributed by atoms with Gasteiger partial charge in [-0.3, -0.25) is 4.98 Å². The van der Waals surface area contributed by atoms with E-state index in [2.05, 4.69) is 31.1 Å². The van der Waals surface area contributed by atoms with Crippen LogP contribution in [-0.2, 0) is 0 Å². The summed E-state index contributed by atoms with van der Waals surface area (Å²) in [6, 6.07) is 3.68. The van der Waals surface area contributed by atoms with Crippen molar-refractivity contribution in [1.29, 1.82) is 0 Å². The van der Waals surface area contributed by atoms with Crippen molar-refractivity contribution in [2.75, 3.05) is 0 Å². The van der Waals surface area contributed by atoms with E-state index in [1.807, 2.05) is 12.1 Å². The van der Waals surface area contributed by atoms with Gasteiger partial charge in [0.2, 0.25) is 0 Å². The topological polar surface area (TPSA) is 54.7 Å². The fraction of sp³-hybridized carbons (Fsp3) is 0. The highest BCUT2D eigenvalue weighted by Crippen LogP contribution is 2.14. The Morgan fingerprint density at radius 3 is 2.85 bits per heavy atom. The van der Waals surface area contributed by atoms with Crippen LogP contribution in [0.1, 0.15) is 0 Å². The molecular formula is C7H4BrN3OS. The lowest BCUT2D eigenvalue weighted by Gasteiger charge is -1.92. The standard InChI is InChI=1S/C7H4BrN3OS/c8-4-1-2-5(9-3-4)6-10-7(13)12-11-6/h1-3H,(H,10,11,13). The van der Waals surface area contributed by atoms with Crippen LogP contribution in [-0.4, -0.2) is 15.1 Å². The third-order valence-electron chi connectivity index (χ3n) is 1.41. The van der Waals surface area contributed by atoms with Crippen molar-refractivity contribution in [2.45, 2.75) is 0 Å². The smallest absolute Gasteiger partial charge is 0.314 e. The van der Waals surface area contributed by atoms with E-state index in [1.165, 1.54) is 0 Å². The molecule has 0 aliphatic heterocycles. The molecule has 0 amide bonds. The molecule has 0 radical (unpaired) electrons. The number of hydrogen-bond donors (Lipinski definition) is 1. The van der Waals surface area contributed by atoms with E-state index in [0.717, 1.165) is 4.47 Å². The van der Waals surface area contributed by atoms with Crippen LogP contribution in [0.3, 0.4) is 0 Å². The van der Waals surface area contributed by atoms with Gasteiger partial charge in [-0.1, -0.05) is 0 Å². The lowest BCUT2D eigenvalue weighted by atomic mass is 10.3. The molecular weight excluding hydrogens is 254 g/mol. The van der Waals surface area contributed by atoms with E-state index in [-0.39, 0.29) is 4.84 Å². The third-order valence-corrected chi connectivity index (χ3v) is 2.05. The highest BCUT2D eigenvalue weighted by atomic mass is 79.9. The number of rotatable bonds is 1. The number of nitrogens with zero attached hydrogens (tertiary/aromatic N) is 2. The summed E-state index contributed by atoms with van der Waals surface area (Å²) in [5.41, 5.74) is 0.697. The fourth-order valence-electron chi connectivity index (χ4n) is 0.854. The Bertz CT molecular complexity index is 461. The number of halogens is 1. The minimum absolute atomic E-state index is 0.180. The summed E-state index contributed by atoms with van der Waals surface area (Å²) >= 11 is 8.00. The number of aromatic amines is 1. The molecule has 0 spiro atoms. The number of aromatic nitrogens is 3. The van der Waals surface area contributed by atoms with Crippen LogP contribution in [0.15, 0.2) is 27.3 Å². The molecule has 0 atom stereocenters. The van der Waals surface area contributed by atoms with E-state index in [0.29, 0.717) is 11.5 Å². The lowest BCUT2D eigenvalue weighted by molar-refractivity contribution is 0.406. The number of H-pyrrole nitrogens is 1. The van der Waals surface area contributed by atoms with Gasteiger partial charge in [0.1, 0.15) is 5.69 Å². The van der Waals surface area contributed by atoms with Crippen LogP contribution in [0.25, 0.3) is 11.5 Å². The Kier molecular flexibility index (Phi) is 2.24. The Balaban J connectivity index is 2.47. The van der Waals surface area contributed by atoms with Crippen LogP contribution in [0.5, 0.6) is 0 Å². The van der Waals surface area contributed by atoms with E-state index < -0.39 is 0 Å². The number of nitrogens with one attached hydrogen (secondary N) is 1. The van der Waals surface area contributed by atoms with E-state index in [4.69, 9.17) is 16.7 Å². The number of hydrogen-bond acceptors (Lipinski definition) is 4. The molecule has 0 saturated heterocycles. The normalized spacial score (nSPS) is 10.2. The molecule has 66 valence electrons. The predicted molar refractivity (Wildman–Crippen MR) is 52.6 cm³/mol. The van der Waals surface area contributed by atoms with Crippen LogP contribution in [0.2, 0.25) is 0 Å². The van der Waals surface area contributed by atoms with Gasteiger partial charge in [-0.05, 0) is 40.3 Å². The van der Waals surface area contributed by atoms with Crippen molar-refractivity contribution in [2.24, 2.45) is 0 Å². The van der Waals surface area contributed by atoms with Gasteiger partial charge >= 0.3 is 4.84 Å². The van der Waals surface area contributed by atoms with Crippen LogP contribution >= 0.6 is 28.1 Å². The van der Waals surface area contributed by atoms with Crippen molar-refractivity contribution in [3.8, 4) is 11.5 Å². The summed E-state index contributed by atoms with van der Waals surface area (Å²) in [5, 5.41) is 2.57. The Morgan fingerprint density at radius 2 is 2.31 bits per heavy atom. The molecule has 0 aliphatic carbocycles. The minimum atomic E-state index is 0.180. The van der Waals surface area contributed by atoms with Gasteiger partial charge in [0.05, 0.1) is 0 Å². The highest BCUT2D eigenvalue weighted by Gasteiger charge is 2.02. The lowest BCUT2D eigenvalue weighted by Crippen LogP contribution is -1.84. The molecule has 2 aromatic heterocycles. The maximum atomic E-state index is 4.78. The van der Waals surface area contributed by atoms with Crippen molar-refractivity contribution in [3.63, 3.8) is 0 Å². The monoisotopic (exact) mass is 257 g/mol. The average Bonchev–Trinajstić information content (AvgIpc) is 2.53. The molecule has 0 unspecified atom stereocenters. The van der Waals surface area contributed by atoms with E-state index in [1.54, 1.807) is 6.20 Å². The molecule has 6 heteroatoms. The van der Waals surface area contributed by atoms with Gasteiger partial charge in [-0.2, -0.15) is 10.1 Å². The zero-order chi connectivity index (χ0) is 9.26. The molecule has 2 aromatic rings. The van der Waals surface area contributed by atoms with Crippen molar-refractivity contribution < 1.29 is 4.52 Å². The van der Waals surface area contributed by atoms with Gasteiger partial charge in [0.15, 0.2) is 5.82 Å². The summed E-state index contributed by atoms with van der Waals surface area (Å²) < 4.78 is 5.69. The molecule has 0 saturated carbocycles. The fourth-order valence-corrected chi connectivity index (χ4v) is 1.22. The molecule has 2 rings (SSSR count). The van der Waals surface area contributed by atoms with E-state index in [9.17, 15) is 0 Å². The van der Waals surface area contributed by atoms with E-state index >= 15 is 0 Å². The summed E-state index contributed by atoms with van der Waals surface area (Å²) in [5.74, 6) is 0.539. The zero-order valence-electron chi connectivity index (χ0n) is 6.32. The van der Waals surface area contributed by atoms with Gasteiger partial charge in [0, 0.05) is 10.7 Å². The first kappa shape index (κ1) is 8.58. The van der Waals surface area contributed by atoms with Gasteiger partial charge in [-0.15, -0.1) is 0 Å². The quantitative estimate of drug-likeness (QED) is 0.798. The van der Waals surface area contributed by atoms with Crippen LogP contribution in [0, 0.1) is 4.84 Å². The highest BCUT2D eigenvalue weighted by molar-refractivity contribution is 9.10. The molecule has 0 aromatic carbocycles. The average molecular weight is 258 g/mol. The van der Waals surface area contributed by atoms with Crippen molar-refractivity contribution in [1.82, 2.24) is 15.1 Å². The molecule has 1 N–H and O–H groups in total. The molecule has 0 bridgehead atoms. The first-order chi connectivity index (χ1) is 6.25. The van der Waals surface area contributed by atoms with Gasteiger partial charge in [0.25, 0.3) is 0 Å². The zero-order valence-corrected chi connectivity index (χ0v) is 8.72. The number of pyridine rings is 1. The Labute approximate surface area is 87.1 Å². The maximum Gasteiger partial charge on any atom is 0.314 e. The SMILES string of the molecule is S=c1nc(-c2ccc(Br)cn2)[nH]o1. The minimum Gasteiger partial charge on any atom is -0.348 e. The largest absolute Gasteiger partial charge is 0.348 e. The maximum absolute atomic E-state index is 4.78. The molecule has 0 fully saturated rings. The molecule has 4 nitrogen and oxygen atoms in total. The summed E-state index contributed by atoms with van der Waals surface area (Å²) in [4.78, 5) is 8.22. The third kappa shape index (κ3) is 1.84. The van der Waals surface area contributed by atoms with Gasteiger partial charge < -0.3 is 4.52 Å². The van der Waals surface area contributed by atoms with Crippen molar-refractivity contribution >= 4 is 28.1 Å². The summed E-state index contributed by atoms with van der Waals surface area (Å²) in [7, 11) is 0. The van der Waals surface area contributed by atoms with Crippen LogP contribution in [0.4, 0.5) is 0 Å². The Hall–Kier alpha value is -1.01. The molecule has 2 heterocycles. The van der Waals surface area contributed by atoms with Gasteiger partial charge in [-0.25, -0.2) is 0 Å². The second-order valence-electron chi connectivity index (χ2n) is 2.29. The molecule has 13 heavy (non-hydrogen) atoms. The first-order valence-corrected chi connectivity index (χ1v) is 4.63. The Morgan fingerprint density at radius 1 is 1.46 bits per heavy atom. The molecule has 0 aliphatic rings. The second kappa shape index (κ2) is 3.39. The predicted octanol–water partition coefficient (Wildman–Crippen LogP) is 2.56. The second-order valence-corrected chi connectivity index (χ2v) is 3.56. The first-order valence-electron chi connectivity index (χ1n) is 3.43. The van der Waals surface area contributed by atoms with Crippen molar-refractivity contribution in [3.05, 3.63) is 27.6 Å².